The van der Waals surface area contributed by atoms with E-state index in [1.165, 1.54) is 0 Å². The molecule has 0 aliphatic carbocycles. The lowest BCUT2D eigenvalue weighted by Crippen LogP contribution is -2.12. The van der Waals surface area contributed by atoms with Gasteiger partial charge in [0.15, 0.2) is 0 Å². The van der Waals surface area contributed by atoms with Gasteiger partial charge in [0, 0.05) is 17.9 Å². The van der Waals surface area contributed by atoms with E-state index in [-0.39, 0.29) is 0 Å². The van der Waals surface area contributed by atoms with Crippen LogP contribution < -0.4 is 11.1 Å². The predicted molar refractivity (Wildman–Crippen MR) is 80.2 cm³/mol. The van der Waals surface area contributed by atoms with Gasteiger partial charge in [0.05, 0.1) is 17.7 Å². The van der Waals surface area contributed by atoms with Crippen molar-refractivity contribution in [3.63, 3.8) is 0 Å². The summed E-state index contributed by atoms with van der Waals surface area (Å²) in [6.07, 6.45) is -0.631. The molecular formula is C16H17N3O. The highest BCUT2D eigenvalue weighted by Crippen LogP contribution is 2.20. The molecule has 0 bridgehead atoms. The Morgan fingerprint density at radius 3 is 2.55 bits per heavy atom. The van der Waals surface area contributed by atoms with Gasteiger partial charge >= 0.3 is 0 Å². The van der Waals surface area contributed by atoms with Crippen LogP contribution in [-0.4, -0.2) is 11.7 Å². The molecule has 4 heteroatoms. The molecule has 0 spiro atoms. The maximum absolute atomic E-state index is 10.1. The Balaban J connectivity index is 1.99. The molecule has 0 fully saturated rings. The monoisotopic (exact) mass is 267 g/mol. The van der Waals surface area contributed by atoms with E-state index in [0.29, 0.717) is 17.8 Å². The van der Waals surface area contributed by atoms with E-state index in [2.05, 4.69) is 11.4 Å². The van der Waals surface area contributed by atoms with E-state index >= 15 is 0 Å². The number of aliphatic hydroxyl groups excluding tert-OH is 1. The van der Waals surface area contributed by atoms with Crippen molar-refractivity contribution in [1.82, 2.24) is 0 Å². The third kappa shape index (κ3) is 3.28. The average Bonchev–Trinajstić information content (AvgIpc) is 2.48. The highest BCUT2D eigenvalue weighted by molar-refractivity contribution is 5.50. The summed E-state index contributed by atoms with van der Waals surface area (Å²) in [5, 5.41) is 22.0. The second-order valence-electron chi connectivity index (χ2n) is 4.70. The minimum Gasteiger partial charge on any atom is -0.399 e. The molecule has 0 amide bonds. The van der Waals surface area contributed by atoms with Crippen molar-refractivity contribution in [3.05, 3.63) is 59.2 Å². The van der Waals surface area contributed by atoms with Gasteiger partial charge in [-0.25, -0.2) is 0 Å². The van der Waals surface area contributed by atoms with Crippen LogP contribution in [0.2, 0.25) is 0 Å². The summed E-state index contributed by atoms with van der Waals surface area (Å²) in [6.45, 7) is 2.31. The molecule has 0 aliphatic heterocycles. The van der Waals surface area contributed by atoms with Crippen LogP contribution in [0.25, 0.3) is 0 Å². The maximum Gasteiger partial charge on any atom is 0.0991 e. The van der Waals surface area contributed by atoms with E-state index in [1.807, 2.05) is 31.2 Å². The number of benzene rings is 2. The molecule has 0 aliphatic rings. The van der Waals surface area contributed by atoms with E-state index in [0.717, 1.165) is 16.8 Å². The number of nitrogens with one attached hydrogen (secondary N) is 1. The zero-order valence-corrected chi connectivity index (χ0v) is 11.3. The predicted octanol–water partition coefficient (Wildman–Crippen LogP) is 2.59. The smallest absolute Gasteiger partial charge is 0.0991 e. The Kier molecular flexibility index (Phi) is 4.24. The minimum absolute atomic E-state index is 0.383. The zero-order valence-electron chi connectivity index (χ0n) is 11.3. The van der Waals surface area contributed by atoms with Gasteiger partial charge in [-0.1, -0.05) is 12.1 Å². The zero-order chi connectivity index (χ0) is 14.5. The molecule has 1 atom stereocenters. The molecule has 0 aromatic heterocycles. The molecule has 4 N–H and O–H groups in total. The lowest BCUT2D eigenvalue weighted by atomic mass is 10.1. The molecule has 0 radical (unpaired) electrons. The first-order valence-corrected chi connectivity index (χ1v) is 6.38. The standard InChI is InChI=1S/C16H17N3O/c1-11-2-5-13(8-15(11)18)16(20)10-19-14-6-3-12(9-17)4-7-14/h2-8,16,19-20H,10,18H2,1H3. The van der Waals surface area contributed by atoms with Crippen LogP contribution in [0.5, 0.6) is 0 Å². The van der Waals surface area contributed by atoms with Crippen molar-refractivity contribution >= 4 is 11.4 Å². The van der Waals surface area contributed by atoms with E-state index in [1.54, 1.807) is 18.2 Å². The molecule has 2 aromatic rings. The molecule has 2 rings (SSSR count). The molecule has 4 nitrogen and oxygen atoms in total. The number of anilines is 2. The Hall–Kier alpha value is -2.51. The maximum atomic E-state index is 10.1. The third-order valence-electron chi connectivity index (χ3n) is 3.20. The van der Waals surface area contributed by atoms with Gasteiger partial charge in [0.25, 0.3) is 0 Å². The number of hydrogen-bond acceptors (Lipinski definition) is 4. The number of hydrogen-bond donors (Lipinski definition) is 3. The van der Waals surface area contributed by atoms with Crippen LogP contribution >= 0.6 is 0 Å². The van der Waals surface area contributed by atoms with Crippen LogP contribution in [-0.2, 0) is 0 Å². The SMILES string of the molecule is Cc1ccc(C(O)CNc2ccc(C#N)cc2)cc1N. The van der Waals surface area contributed by atoms with Gasteiger partial charge in [-0.15, -0.1) is 0 Å². The fourth-order valence-electron chi connectivity index (χ4n) is 1.86. The quantitative estimate of drug-likeness (QED) is 0.744. The summed E-state index contributed by atoms with van der Waals surface area (Å²) in [5.41, 5.74) is 9.78. The van der Waals surface area contributed by atoms with Gasteiger partial charge in [-0.3, -0.25) is 0 Å². The summed E-state index contributed by atoms with van der Waals surface area (Å²) >= 11 is 0. The largest absolute Gasteiger partial charge is 0.399 e. The van der Waals surface area contributed by atoms with E-state index in [9.17, 15) is 5.11 Å². The van der Waals surface area contributed by atoms with Gasteiger partial charge in [0.1, 0.15) is 0 Å². The first-order chi connectivity index (χ1) is 9.60. The first kappa shape index (κ1) is 13.9. The van der Waals surface area contributed by atoms with Gasteiger partial charge in [0.2, 0.25) is 0 Å². The minimum atomic E-state index is -0.631. The number of nitriles is 1. The molecule has 0 saturated carbocycles. The normalized spacial score (nSPS) is 11.7. The first-order valence-electron chi connectivity index (χ1n) is 6.38. The Labute approximate surface area is 118 Å². The Morgan fingerprint density at radius 2 is 1.95 bits per heavy atom. The van der Waals surface area contributed by atoms with Crippen LogP contribution in [0.15, 0.2) is 42.5 Å². The van der Waals surface area contributed by atoms with Crippen molar-refractivity contribution < 1.29 is 5.11 Å². The summed E-state index contributed by atoms with van der Waals surface area (Å²) in [5.74, 6) is 0. The molecule has 2 aromatic carbocycles. The van der Waals surface area contributed by atoms with Crippen LogP contribution in [0, 0.1) is 18.3 Å². The van der Waals surface area contributed by atoms with Gasteiger partial charge in [-0.2, -0.15) is 5.26 Å². The topological polar surface area (TPSA) is 82.1 Å². The van der Waals surface area contributed by atoms with Crippen molar-refractivity contribution in [3.8, 4) is 6.07 Å². The average molecular weight is 267 g/mol. The summed E-state index contributed by atoms with van der Waals surface area (Å²) in [7, 11) is 0. The van der Waals surface area contributed by atoms with Gasteiger partial charge in [-0.05, 0) is 48.4 Å². The number of nitrogens with zero attached hydrogens (tertiary/aromatic N) is 1. The summed E-state index contributed by atoms with van der Waals surface area (Å²) in [4.78, 5) is 0. The fourth-order valence-corrected chi connectivity index (χ4v) is 1.86. The summed E-state index contributed by atoms with van der Waals surface area (Å²) < 4.78 is 0. The van der Waals surface area contributed by atoms with Crippen LogP contribution in [0.4, 0.5) is 11.4 Å². The van der Waals surface area contributed by atoms with Gasteiger partial charge < -0.3 is 16.2 Å². The number of aliphatic hydroxyl groups is 1. The molecular weight excluding hydrogens is 250 g/mol. The van der Waals surface area contributed by atoms with Crippen LogP contribution in [0.1, 0.15) is 22.8 Å². The van der Waals surface area contributed by atoms with Crippen molar-refractivity contribution in [2.75, 3.05) is 17.6 Å². The number of aryl methyl sites for hydroxylation is 1. The molecule has 102 valence electrons. The second kappa shape index (κ2) is 6.09. The van der Waals surface area contributed by atoms with Crippen molar-refractivity contribution in [2.45, 2.75) is 13.0 Å². The fraction of sp³-hybridized carbons (Fsp3) is 0.188. The van der Waals surface area contributed by atoms with Crippen LogP contribution in [0.3, 0.4) is 0 Å². The number of nitrogen functional groups attached to an aromatic ring is 1. The lowest BCUT2D eigenvalue weighted by molar-refractivity contribution is 0.191. The molecule has 0 heterocycles. The Bertz CT molecular complexity index is 629. The highest BCUT2D eigenvalue weighted by Gasteiger charge is 2.08. The second-order valence-corrected chi connectivity index (χ2v) is 4.70. The highest BCUT2D eigenvalue weighted by atomic mass is 16.3. The van der Waals surface area contributed by atoms with Crippen molar-refractivity contribution in [1.29, 1.82) is 5.26 Å². The molecule has 20 heavy (non-hydrogen) atoms. The van der Waals surface area contributed by atoms with E-state index < -0.39 is 6.10 Å². The number of rotatable bonds is 4. The lowest BCUT2D eigenvalue weighted by Gasteiger charge is -2.14. The van der Waals surface area contributed by atoms with Crippen molar-refractivity contribution in [2.24, 2.45) is 0 Å². The third-order valence-corrected chi connectivity index (χ3v) is 3.20. The molecule has 0 saturated heterocycles. The Morgan fingerprint density at radius 1 is 1.25 bits per heavy atom. The van der Waals surface area contributed by atoms with E-state index in [4.69, 9.17) is 11.0 Å². The summed E-state index contributed by atoms with van der Waals surface area (Å²) in [6, 6.07) is 14.7. The molecule has 1 unspecified atom stereocenters. The number of nitrogens with two attached hydrogens (primary N) is 1.